The first-order valence-corrected chi connectivity index (χ1v) is 3.09. The quantitative estimate of drug-likeness (QED) is 0.244. The van der Waals surface area contributed by atoms with Crippen molar-refractivity contribution in [2.45, 2.75) is 13.3 Å². The van der Waals surface area contributed by atoms with Crippen LogP contribution in [0.5, 0.6) is 0 Å². The molecular formula is C6H14N2O. The summed E-state index contributed by atoms with van der Waals surface area (Å²) < 4.78 is 0. The lowest BCUT2D eigenvalue weighted by Crippen LogP contribution is -2.07. The molecule has 0 unspecified atom stereocenters. The van der Waals surface area contributed by atoms with Gasteiger partial charge in [0.25, 0.3) is 0 Å². The molecule has 0 rings (SSSR count). The molecule has 3 heteroatoms. The lowest BCUT2D eigenvalue weighted by atomic mass is 10.5. The second kappa shape index (κ2) is 5.41. The van der Waals surface area contributed by atoms with Crippen LogP contribution in [0.2, 0.25) is 0 Å². The predicted molar refractivity (Wildman–Crippen MR) is 38.4 cm³/mol. The molecular weight excluding hydrogens is 116 g/mol. The van der Waals surface area contributed by atoms with Crippen LogP contribution in [-0.2, 0) is 4.84 Å². The number of oxime groups is 1. The predicted octanol–water partition coefficient (Wildman–Crippen LogP) is 0.918. The van der Waals surface area contributed by atoms with E-state index >= 15 is 0 Å². The van der Waals surface area contributed by atoms with E-state index in [-0.39, 0.29) is 0 Å². The number of rotatable bonds is 4. The average molecular weight is 130 g/mol. The van der Waals surface area contributed by atoms with Gasteiger partial charge in [0.15, 0.2) is 0 Å². The van der Waals surface area contributed by atoms with Crippen LogP contribution in [0.25, 0.3) is 0 Å². The zero-order valence-electron chi connectivity index (χ0n) is 6.29. The highest BCUT2D eigenvalue weighted by Crippen LogP contribution is 1.79. The fourth-order valence-corrected chi connectivity index (χ4v) is 0.272. The maximum Gasteiger partial charge on any atom is 0.130 e. The van der Waals surface area contributed by atoms with Crippen molar-refractivity contribution in [3.63, 3.8) is 0 Å². The standard InChI is InChI=1S/C6H14N2O/c1-4-5-9-7-6-8(2)3/h6H,4-5H2,1-3H3/b7-6+. The molecule has 0 spiro atoms. The van der Waals surface area contributed by atoms with Crippen LogP contribution in [-0.4, -0.2) is 31.9 Å². The summed E-state index contributed by atoms with van der Waals surface area (Å²) in [5, 5.41) is 3.66. The molecule has 0 aliphatic carbocycles. The zero-order valence-corrected chi connectivity index (χ0v) is 6.29. The van der Waals surface area contributed by atoms with E-state index in [1.54, 1.807) is 6.34 Å². The SMILES string of the molecule is CCCO/N=C/N(C)C. The molecule has 0 aliphatic heterocycles. The Kier molecular flexibility index (Phi) is 4.97. The molecule has 0 fully saturated rings. The second-order valence-electron chi connectivity index (χ2n) is 2.02. The lowest BCUT2D eigenvalue weighted by molar-refractivity contribution is 0.143. The van der Waals surface area contributed by atoms with E-state index in [1.165, 1.54) is 0 Å². The van der Waals surface area contributed by atoms with Gasteiger partial charge in [-0.25, -0.2) is 0 Å². The van der Waals surface area contributed by atoms with Gasteiger partial charge in [-0.1, -0.05) is 12.1 Å². The molecule has 9 heavy (non-hydrogen) atoms. The molecule has 0 bridgehead atoms. The molecule has 0 aromatic rings. The Balaban J connectivity index is 3.04. The van der Waals surface area contributed by atoms with Crippen molar-refractivity contribution in [1.29, 1.82) is 0 Å². The fraction of sp³-hybridized carbons (Fsp3) is 0.833. The van der Waals surface area contributed by atoms with Gasteiger partial charge in [-0.15, -0.1) is 0 Å². The van der Waals surface area contributed by atoms with Crippen LogP contribution in [0.3, 0.4) is 0 Å². The van der Waals surface area contributed by atoms with Gasteiger partial charge in [-0.2, -0.15) is 0 Å². The van der Waals surface area contributed by atoms with Crippen molar-refractivity contribution in [3.05, 3.63) is 0 Å². The van der Waals surface area contributed by atoms with Crippen molar-refractivity contribution in [3.8, 4) is 0 Å². The van der Waals surface area contributed by atoms with Crippen molar-refractivity contribution in [1.82, 2.24) is 4.90 Å². The Morgan fingerprint density at radius 3 is 2.67 bits per heavy atom. The fourth-order valence-electron chi connectivity index (χ4n) is 0.272. The first-order chi connectivity index (χ1) is 4.27. The number of hydrogen-bond acceptors (Lipinski definition) is 2. The van der Waals surface area contributed by atoms with E-state index < -0.39 is 0 Å². The van der Waals surface area contributed by atoms with E-state index in [0.717, 1.165) is 6.42 Å². The Labute approximate surface area is 56.3 Å². The monoisotopic (exact) mass is 130 g/mol. The minimum Gasteiger partial charge on any atom is -0.395 e. The van der Waals surface area contributed by atoms with Crippen molar-refractivity contribution in [2.75, 3.05) is 20.7 Å². The summed E-state index contributed by atoms with van der Waals surface area (Å²) in [5.41, 5.74) is 0. The molecule has 0 heterocycles. The van der Waals surface area contributed by atoms with Crippen LogP contribution < -0.4 is 0 Å². The second-order valence-corrected chi connectivity index (χ2v) is 2.02. The van der Waals surface area contributed by atoms with Gasteiger partial charge in [0.05, 0.1) is 0 Å². The van der Waals surface area contributed by atoms with E-state index in [1.807, 2.05) is 25.9 Å². The molecule has 0 radical (unpaired) electrons. The largest absolute Gasteiger partial charge is 0.395 e. The van der Waals surface area contributed by atoms with Gasteiger partial charge in [0.1, 0.15) is 12.9 Å². The third-order valence-corrected chi connectivity index (χ3v) is 0.648. The first kappa shape index (κ1) is 8.27. The minimum absolute atomic E-state index is 0.699. The van der Waals surface area contributed by atoms with Gasteiger partial charge in [-0.05, 0) is 6.42 Å². The molecule has 0 aromatic carbocycles. The molecule has 0 amide bonds. The molecule has 54 valence electrons. The summed E-state index contributed by atoms with van der Waals surface area (Å²) in [5.74, 6) is 0. The Bertz CT molecular complexity index is 81.1. The van der Waals surface area contributed by atoms with Crippen LogP contribution in [0.4, 0.5) is 0 Å². The van der Waals surface area contributed by atoms with Gasteiger partial charge < -0.3 is 9.74 Å². The third kappa shape index (κ3) is 7.27. The number of hydrogen-bond donors (Lipinski definition) is 0. The first-order valence-electron chi connectivity index (χ1n) is 3.09. The Morgan fingerprint density at radius 1 is 1.56 bits per heavy atom. The summed E-state index contributed by atoms with van der Waals surface area (Å²) in [6.45, 7) is 2.75. The van der Waals surface area contributed by atoms with Crippen molar-refractivity contribution < 1.29 is 4.84 Å². The van der Waals surface area contributed by atoms with Crippen LogP contribution in [0.1, 0.15) is 13.3 Å². The highest BCUT2D eigenvalue weighted by molar-refractivity contribution is 5.52. The summed E-state index contributed by atoms with van der Waals surface area (Å²) in [6, 6.07) is 0. The zero-order chi connectivity index (χ0) is 7.11. The highest BCUT2D eigenvalue weighted by atomic mass is 16.6. The number of nitrogens with zero attached hydrogens (tertiary/aromatic N) is 2. The molecule has 0 atom stereocenters. The average Bonchev–Trinajstić information content (AvgIpc) is 1.80. The highest BCUT2D eigenvalue weighted by Gasteiger charge is 1.77. The van der Waals surface area contributed by atoms with Crippen LogP contribution >= 0.6 is 0 Å². The molecule has 0 aliphatic rings. The van der Waals surface area contributed by atoms with Crippen LogP contribution in [0, 0.1) is 0 Å². The third-order valence-electron chi connectivity index (χ3n) is 0.648. The minimum atomic E-state index is 0.699. The topological polar surface area (TPSA) is 24.8 Å². The van der Waals surface area contributed by atoms with E-state index in [9.17, 15) is 0 Å². The molecule has 0 N–H and O–H groups in total. The summed E-state index contributed by atoms with van der Waals surface area (Å²) in [4.78, 5) is 6.65. The maximum atomic E-state index is 4.82. The molecule has 0 saturated heterocycles. The van der Waals surface area contributed by atoms with Gasteiger partial charge in [0.2, 0.25) is 0 Å². The smallest absolute Gasteiger partial charge is 0.130 e. The van der Waals surface area contributed by atoms with Crippen molar-refractivity contribution >= 4 is 6.34 Å². The van der Waals surface area contributed by atoms with E-state index in [0.29, 0.717) is 6.61 Å². The normalized spacial score (nSPS) is 10.1. The molecule has 3 nitrogen and oxygen atoms in total. The van der Waals surface area contributed by atoms with Gasteiger partial charge in [0, 0.05) is 14.1 Å². The molecule has 0 aromatic heterocycles. The Hall–Kier alpha value is -0.730. The van der Waals surface area contributed by atoms with Crippen LogP contribution in [0.15, 0.2) is 5.16 Å². The Morgan fingerprint density at radius 2 is 2.22 bits per heavy atom. The molecule has 0 saturated carbocycles. The summed E-state index contributed by atoms with van der Waals surface area (Å²) >= 11 is 0. The van der Waals surface area contributed by atoms with Gasteiger partial charge in [-0.3, -0.25) is 0 Å². The summed E-state index contributed by atoms with van der Waals surface area (Å²) in [7, 11) is 3.80. The van der Waals surface area contributed by atoms with E-state index in [2.05, 4.69) is 5.16 Å². The van der Waals surface area contributed by atoms with Crippen molar-refractivity contribution in [2.24, 2.45) is 5.16 Å². The van der Waals surface area contributed by atoms with E-state index in [4.69, 9.17) is 4.84 Å². The van der Waals surface area contributed by atoms with Gasteiger partial charge >= 0.3 is 0 Å². The maximum absolute atomic E-state index is 4.82. The summed E-state index contributed by atoms with van der Waals surface area (Å²) in [6.07, 6.45) is 2.64. The lowest BCUT2D eigenvalue weighted by Gasteiger charge is -2.01.